The first-order chi connectivity index (χ1) is 9.97. The van der Waals surface area contributed by atoms with Gasteiger partial charge in [-0.2, -0.15) is 0 Å². The van der Waals surface area contributed by atoms with Gasteiger partial charge in [-0.05, 0) is 31.4 Å². The Kier molecular flexibility index (Phi) is 9.20. The van der Waals surface area contributed by atoms with Crippen molar-refractivity contribution in [2.45, 2.75) is 45.7 Å². The summed E-state index contributed by atoms with van der Waals surface area (Å²) in [7, 11) is 0. The number of halogens is 2. The minimum Gasteiger partial charge on any atom is -0.346 e. The molecule has 1 aromatic carbocycles. The number of H-pyrrole nitrogens is 1. The molecular formula is C16H26Cl2N4O. The van der Waals surface area contributed by atoms with Crippen LogP contribution in [0.2, 0.25) is 0 Å². The molecule has 0 saturated carbocycles. The predicted molar refractivity (Wildman–Crippen MR) is 99.2 cm³/mol. The third-order valence-corrected chi connectivity index (χ3v) is 3.51. The molecule has 0 aliphatic carbocycles. The molecule has 1 aromatic heterocycles. The maximum atomic E-state index is 12.0. The van der Waals surface area contributed by atoms with Crippen molar-refractivity contribution < 1.29 is 4.79 Å². The number of hydrogen-bond acceptors (Lipinski definition) is 3. The molecule has 130 valence electrons. The van der Waals surface area contributed by atoms with Crippen LogP contribution >= 0.6 is 24.8 Å². The lowest BCUT2D eigenvalue weighted by Crippen LogP contribution is -2.33. The highest BCUT2D eigenvalue weighted by atomic mass is 35.5. The summed E-state index contributed by atoms with van der Waals surface area (Å²) in [6, 6.07) is 7.80. The van der Waals surface area contributed by atoms with Gasteiger partial charge < -0.3 is 16.0 Å². The molecule has 2 rings (SSSR count). The molecule has 0 aliphatic heterocycles. The van der Waals surface area contributed by atoms with Crippen LogP contribution in [0.15, 0.2) is 24.3 Å². The highest BCUT2D eigenvalue weighted by Crippen LogP contribution is 2.22. The fraction of sp³-hybridized carbons (Fsp3) is 0.500. The molecule has 1 heterocycles. The largest absolute Gasteiger partial charge is 0.346 e. The Morgan fingerprint density at radius 1 is 1.26 bits per heavy atom. The Hall–Kier alpha value is -1.30. The summed E-state index contributed by atoms with van der Waals surface area (Å²) in [5.74, 6) is 1.08. The van der Waals surface area contributed by atoms with E-state index in [1.165, 1.54) is 0 Å². The second-order valence-corrected chi connectivity index (χ2v) is 5.94. The van der Waals surface area contributed by atoms with Crippen molar-refractivity contribution in [1.82, 2.24) is 15.3 Å². The molecule has 23 heavy (non-hydrogen) atoms. The number of imidazole rings is 1. The summed E-state index contributed by atoms with van der Waals surface area (Å²) in [6.07, 6.45) is 1.14. The van der Waals surface area contributed by atoms with Gasteiger partial charge >= 0.3 is 0 Å². The monoisotopic (exact) mass is 360 g/mol. The molecule has 7 heteroatoms. The van der Waals surface area contributed by atoms with Gasteiger partial charge in [-0.3, -0.25) is 4.79 Å². The zero-order chi connectivity index (χ0) is 15.4. The van der Waals surface area contributed by atoms with E-state index in [2.05, 4.69) is 29.1 Å². The maximum Gasteiger partial charge on any atom is 0.220 e. The first-order valence-corrected chi connectivity index (χ1v) is 7.47. The van der Waals surface area contributed by atoms with E-state index >= 15 is 0 Å². The number of amides is 1. The second-order valence-electron chi connectivity index (χ2n) is 5.94. The van der Waals surface area contributed by atoms with Gasteiger partial charge in [0.1, 0.15) is 5.82 Å². The van der Waals surface area contributed by atoms with Crippen molar-refractivity contribution in [3.63, 3.8) is 0 Å². The van der Waals surface area contributed by atoms with Crippen LogP contribution in [0, 0.1) is 5.92 Å². The number of benzene rings is 1. The number of rotatable bonds is 6. The minimum absolute atomic E-state index is 0. The van der Waals surface area contributed by atoms with E-state index in [0.717, 1.165) is 16.9 Å². The van der Waals surface area contributed by atoms with E-state index < -0.39 is 0 Å². The van der Waals surface area contributed by atoms with Crippen molar-refractivity contribution >= 4 is 41.8 Å². The lowest BCUT2D eigenvalue weighted by Gasteiger charge is -2.20. The van der Waals surface area contributed by atoms with E-state index in [-0.39, 0.29) is 48.7 Å². The molecule has 2 atom stereocenters. The van der Waals surface area contributed by atoms with Gasteiger partial charge in [0.15, 0.2) is 0 Å². The standard InChI is InChI=1S/C16H24N4O.2ClH/c1-10(2)15(20-14(21)9-8-11(3)17)16-18-12-6-4-5-7-13(12)19-16;;/h4-7,10-11,15H,8-9,17H2,1-3H3,(H,18,19)(H,20,21);2*1H. The minimum atomic E-state index is -0.113. The fourth-order valence-electron chi connectivity index (χ4n) is 2.27. The topological polar surface area (TPSA) is 83.8 Å². The highest BCUT2D eigenvalue weighted by molar-refractivity contribution is 5.85. The van der Waals surface area contributed by atoms with Crippen molar-refractivity contribution in [2.24, 2.45) is 11.7 Å². The third-order valence-electron chi connectivity index (χ3n) is 3.51. The molecule has 2 aromatic rings. The van der Waals surface area contributed by atoms with Crippen LogP contribution in [0.25, 0.3) is 11.0 Å². The number of nitrogens with zero attached hydrogens (tertiary/aromatic N) is 1. The van der Waals surface area contributed by atoms with E-state index in [1.54, 1.807) is 0 Å². The van der Waals surface area contributed by atoms with Gasteiger partial charge in [0.25, 0.3) is 0 Å². The smallest absolute Gasteiger partial charge is 0.220 e. The number of aromatic nitrogens is 2. The fourth-order valence-corrected chi connectivity index (χ4v) is 2.27. The SMILES string of the molecule is CC(N)CCC(=O)NC(c1nc2ccccc2[nH]1)C(C)C.Cl.Cl. The number of para-hydroxylation sites is 2. The molecule has 0 aliphatic rings. The van der Waals surface area contributed by atoms with Crippen molar-refractivity contribution in [2.75, 3.05) is 0 Å². The molecular weight excluding hydrogens is 335 g/mol. The maximum absolute atomic E-state index is 12.0. The predicted octanol–water partition coefficient (Wildman–Crippen LogP) is 3.35. The molecule has 4 N–H and O–H groups in total. The van der Waals surface area contributed by atoms with Crippen LogP contribution in [0.4, 0.5) is 0 Å². The molecule has 0 bridgehead atoms. The van der Waals surface area contributed by atoms with Gasteiger partial charge in [-0.1, -0.05) is 26.0 Å². The van der Waals surface area contributed by atoms with E-state index in [4.69, 9.17) is 5.73 Å². The van der Waals surface area contributed by atoms with Crippen molar-refractivity contribution in [1.29, 1.82) is 0 Å². The number of nitrogens with one attached hydrogen (secondary N) is 2. The first-order valence-electron chi connectivity index (χ1n) is 7.47. The number of nitrogens with two attached hydrogens (primary N) is 1. The molecule has 0 saturated heterocycles. The van der Waals surface area contributed by atoms with Gasteiger partial charge in [0.2, 0.25) is 5.91 Å². The Morgan fingerprint density at radius 2 is 1.91 bits per heavy atom. The Labute approximate surface area is 149 Å². The Morgan fingerprint density at radius 3 is 2.48 bits per heavy atom. The Bertz CT molecular complexity index is 580. The summed E-state index contributed by atoms with van der Waals surface area (Å²) in [4.78, 5) is 19.9. The van der Waals surface area contributed by atoms with Gasteiger partial charge in [-0.15, -0.1) is 24.8 Å². The van der Waals surface area contributed by atoms with Crippen molar-refractivity contribution in [3.8, 4) is 0 Å². The quantitative estimate of drug-likeness (QED) is 0.738. The first kappa shape index (κ1) is 21.7. The number of fused-ring (bicyclic) bond motifs is 1. The average Bonchev–Trinajstić information content (AvgIpc) is 2.85. The number of carbonyl (C=O) groups excluding carboxylic acids is 1. The van der Waals surface area contributed by atoms with Crippen LogP contribution in [0.5, 0.6) is 0 Å². The van der Waals surface area contributed by atoms with Crippen LogP contribution in [0.3, 0.4) is 0 Å². The number of aromatic amines is 1. The lowest BCUT2D eigenvalue weighted by atomic mass is 10.0. The normalized spacial score (nSPS) is 13.1. The molecule has 1 amide bonds. The summed E-state index contributed by atoms with van der Waals surface area (Å²) >= 11 is 0. The second kappa shape index (κ2) is 9.75. The number of hydrogen-bond donors (Lipinski definition) is 3. The summed E-state index contributed by atoms with van der Waals surface area (Å²) in [5, 5.41) is 3.06. The summed E-state index contributed by atoms with van der Waals surface area (Å²) in [5.41, 5.74) is 7.60. The molecule has 0 fully saturated rings. The van der Waals surface area contributed by atoms with E-state index in [0.29, 0.717) is 12.8 Å². The van der Waals surface area contributed by atoms with Gasteiger partial charge in [-0.25, -0.2) is 4.98 Å². The van der Waals surface area contributed by atoms with Crippen LogP contribution in [-0.4, -0.2) is 21.9 Å². The molecule has 5 nitrogen and oxygen atoms in total. The van der Waals surface area contributed by atoms with Gasteiger partial charge in [0.05, 0.1) is 17.1 Å². The van der Waals surface area contributed by atoms with Crippen LogP contribution in [-0.2, 0) is 4.79 Å². The number of carbonyl (C=O) groups is 1. The third kappa shape index (κ3) is 6.01. The van der Waals surface area contributed by atoms with Crippen LogP contribution in [0.1, 0.15) is 45.5 Å². The summed E-state index contributed by atoms with van der Waals surface area (Å²) in [6.45, 7) is 6.06. The van der Waals surface area contributed by atoms with Gasteiger partial charge in [0, 0.05) is 12.5 Å². The highest BCUT2D eigenvalue weighted by Gasteiger charge is 2.21. The van der Waals surface area contributed by atoms with E-state index in [9.17, 15) is 4.79 Å². The lowest BCUT2D eigenvalue weighted by molar-refractivity contribution is -0.122. The van der Waals surface area contributed by atoms with E-state index in [1.807, 2.05) is 31.2 Å². The van der Waals surface area contributed by atoms with Crippen LogP contribution < -0.4 is 11.1 Å². The average molecular weight is 361 g/mol. The summed E-state index contributed by atoms with van der Waals surface area (Å²) < 4.78 is 0. The molecule has 2 unspecified atom stereocenters. The molecule has 0 radical (unpaired) electrons. The zero-order valence-electron chi connectivity index (χ0n) is 13.7. The molecule has 0 spiro atoms. The Balaban J connectivity index is 0.00000242. The van der Waals surface area contributed by atoms with Crippen molar-refractivity contribution in [3.05, 3.63) is 30.1 Å². The zero-order valence-corrected chi connectivity index (χ0v) is 15.3.